The van der Waals surface area contributed by atoms with E-state index in [0.717, 1.165) is 17.4 Å². The fraction of sp³-hybridized carbons (Fsp3) is 0.381. The second-order valence-corrected chi connectivity index (χ2v) is 9.68. The molecule has 2 heterocycles. The number of hydrogen-bond acceptors (Lipinski definition) is 7. The summed E-state index contributed by atoms with van der Waals surface area (Å²) in [7, 11) is -2.29. The predicted octanol–water partition coefficient (Wildman–Crippen LogP) is 0.415. The maximum atomic E-state index is 13.6. The molecule has 0 radical (unpaired) electrons. The molecule has 11 heteroatoms. The summed E-state index contributed by atoms with van der Waals surface area (Å²) >= 11 is 0. The largest absolute Gasteiger partial charge is 0.379 e. The van der Waals surface area contributed by atoms with Crippen LogP contribution in [0.5, 0.6) is 0 Å². The molecular weight excluding hydrogens is 432 g/mol. The van der Waals surface area contributed by atoms with Gasteiger partial charge in [-0.3, -0.25) is 14.0 Å². The lowest BCUT2D eigenvalue weighted by Crippen LogP contribution is -2.34. The average Bonchev–Trinajstić information content (AvgIpc) is 3.31. The molecule has 4 rings (SSSR count). The first-order chi connectivity index (χ1) is 15.9. The minimum Gasteiger partial charge on any atom is -0.379 e. The number of terminal acetylenes is 1. The molecular formula is C21H24N6O4S. The Morgan fingerprint density at radius 3 is 2.81 bits per heavy atom. The van der Waals surface area contributed by atoms with Crippen LogP contribution in [-0.4, -0.2) is 51.0 Å². The number of sulfonamides is 1. The fourth-order valence-corrected chi connectivity index (χ4v) is 4.57. The second-order valence-electron chi connectivity index (χ2n) is 8.00. The Morgan fingerprint density at radius 2 is 2.19 bits per heavy atom. The maximum absolute atomic E-state index is 13.6. The number of anilines is 1. The minimum atomic E-state index is -3.90. The molecule has 1 aromatic carbocycles. The van der Waals surface area contributed by atoms with Gasteiger partial charge in [0.2, 0.25) is 16.0 Å². The number of nitrogens with one attached hydrogen (secondary N) is 2. The molecule has 1 unspecified atom stereocenters. The van der Waals surface area contributed by atoms with Gasteiger partial charge in [0.05, 0.1) is 37.8 Å². The van der Waals surface area contributed by atoms with Crippen molar-refractivity contribution >= 4 is 26.9 Å². The van der Waals surface area contributed by atoms with Crippen molar-refractivity contribution in [1.82, 2.24) is 24.1 Å². The number of aromatic nitrogens is 4. The van der Waals surface area contributed by atoms with Gasteiger partial charge in [-0.2, -0.15) is 5.10 Å². The zero-order valence-electron chi connectivity index (χ0n) is 19.5. The summed E-state index contributed by atoms with van der Waals surface area (Å²) in [4.78, 5) is 17.8. The molecule has 3 N–H and O–H groups in total. The Morgan fingerprint density at radius 1 is 1.44 bits per heavy atom. The highest BCUT2D eigenvalue weighted by Gasteiger charge is 2.41. The Kier molecular flexibility index (Phi) is 4.90. The van der Waals surface area contributed by atoms with Gasteiger partial charge in [-0.1, -0.05) is 5.92 Å². The van der Waals surface area contributed by atoms with Gasteiger partial charge in [-0.15, -0.1) is 6.42 Å². The molecule has 2 aromatic heterocycles. The van der Waals surface area contributed by atoms with Gasteiger partial charge in [-0.25, -0.2) is 18.1 Å². The molecule has 0 saturated heterocycles. The normalized spacial score (nSPS) is 17.3. The molecule has 0 bridgehead atoms. The summed E-state index contributed by atoms with van der Waals surface area (Å²) in [5.41, 5.74) is -1.09. The van der Waals surface area contributed by atoms with Crippen LogP contribution >= 0.6 is 0 Å². The number of hydrogen-bond donors (Lipinski definition) is 3. The van der Waals surface area contributed by atoms with E-state index in [0.29, 0.717) is 0 Å². The molecule has 1 fully saturated rings. The molecule has 32 heavy (non-hydrogen) atoms. The topological polar surface area (TPSA) is 131 Å². The number of rotatable bonds is 8. The van der Waals surface area contributed by atoms with Crippen LogP contribution in [0.15, 0.2) is 40.3 Å². The van der Waals surface area contributed by atoms with Crippen molar-refractivity contribution in [1.29, 1.82) is 0 Å². The monoisotopic (exact) mass is 458 g/mol. The van der Waals surface area contributed by atoms with Crippen molar-refractivity contribution in [2.75, 3.05) is 11.9 Å². The highest BCUT2D eigenvalue weighted by molar-refractivity contribution is 7.89. The third-order valence-corrected chi connectivity index (χ3v) is 6.76. The van der Waals surface area contributed by atoms with Crippen LogP contribution in [-0.2, 0) is 23.6 Å². The van der Waals surface area contributed by atoms with E-state index in [1.165, 1.54) is 35.3 Å². The van der Waals surface area contributed by atoms with Crippen molar-refractivity contribution in [2.24, 2.45) is 7.05 Å². The Balaban J connectivity index is 1.89. The minimum absolute atomic E-state index is 0.0749. The van der Waals surface area contributed by atoms with E-state index in [1.54, 1.807) is 14.0 Å². The molecule has 10 nitrogen and oxygen atoms in total. The SMILES string of the molecule is [2H]C([2H])(c1cnn(C)c1)n1c(NCC(O)C#C)nc2ccc(S(=O)(=O)NC3(C)CC3)cc2c1=O. The van der Waals surface area contributed by atoms with Crippen molar-refractivity contribution in [3.63, 3.8) is 0 Å². The van der Waals surface area contributed by atoms with Crippen molar-refractivity contribution in [2.45, 2.75) is 42.8 Å². The van der Waals surface area contributed by atoms with E-state index in [2.05, 4.69) is 26.0 Å². The first-order valence-corrected chi connectivity index (χ1v) is 11.3. The van der Waals surface area contributed by atoms with Crippen LogP contribution in [0.4, 0.5) is 5.95 Å². The first-order valence-electron chi connectivity index (χ1n) is 10.8. The highest BCUT2D eigenvalue weighted by atomic mass is 32.2. The first kappa shape index (κ1) is 19.5. The molecule has 1 aliphatic carbocycles. The fourth-order valence-electron chi connectivity index (χ4n) is 3.08. The van der Waals surface area contributed by atoms with Crippen LogP contribution in [0.2, 0.25) is 0 Å². The van der Waals surface area contributed by atoms with E-state index < -0.39 is 33.7 Å². The zero-order valence-corrected chi connectivity index (χ0v) is 18.3. The summed E-state index contributed by atoms with van der Waals surface area (Å²) in [6.45, 7) is -0.803. The third-order valence-electron chi connectivity index (χ3n) is 5.12. The zero-order chi connectivity index (χ0) is 24.9. The van der Waals surface area contributed by atoms with Crippen molar-refractivity contribution in [3.05, 3.63) is 46.5 Å². The van der Waals surface area contributed by atoms with Gasteiger partial charge in [0, 0.05) is 24.3 Å². The van der Waals surface area contributed by atoms with E-state index >= 15 is 0 Å². The van der Waals surface area contributed by atoms with Crippen LogP contribution in [0.25, 0.3) is 10.9 Å². The van der Waals surface area contributed by atoms with Crippen LogP contribution in [0, 0.1) is 12.3 Å². The predicted molar refractivity (Wildman–Crippen MR) is 120 cm³/mol. The molecule has 0 amide bonds. The summed E-state index contributed by atoms with van der Waals surface area (Å²) in [5, 5.41) is 16.4. The third kappa shape index (κ3) is 4.52. The standard InChI is InChI=1S/C21H24N6O4S/c1-4-15(28)11-22-20-24-18-6-5-16(32(30,31)25-21(2)7-8-21)9-17(18)19(29)27(20)13-14-10-23-26(3)12-14/h1,5-6,9-10,12,15,25,28H,7-8,11,13H2,2-3H3,(H,22,24)/i13D2. The number of benzene rings is 1. The van der Waals surface area contributed by atoms with Gasteiger partial charge >= 0.3 is 0 Å². The Hall–Kier alpha value is -3.20. The van der Waals surface area contributed by atoms with E-state index in [9.17, 15) is 18.3 Å². The Labute approximate surface area is 188 Å². The number of aryl methyl sites for hydroxylation is 1. The van der Waals surface area contributed by atoms with Crippen LogP contribution in [0.1, 0.15) is 28.1 Å². The molecule has 1 aliphatic rings. The van der Waals surface area contributed by atoms with E-state index in [-0.39, 0.29) is 33.9 Å². The Bertz CT molecular complexity index is 1470. The maximum Gasteiger partial charge on any atom is 0.263 e. The smallest absolute Gasteiger partial charge is 0.263 e. The summed E-state index contributed by atoms with van der Waals surface area (Å²) < 4.78 is 47.8. The lowest BCUT2D eigenvalue weighted by atomic mass is 10.2. The molecule has 0 spiro atoms. The number of aliphatic hydroxyl groups is 1. The lowest BCUT2D eigenvalue weighted by Gasteiger charge is -2.16. The molecule has 0 aliphatic heterocycles. The van der Waals surface area contributed by atoms with E-state index in [1.807, 2.05) is 0 Å². The summed E-state index contributed by atoms with van der Waals surface area (Å²) in [6, 6.07) is 3.91. The van der Waals surface area contributed by atoms with Crippen molar-refractivity contribution < 1.29 is 16.3 Å². The van der Waals surface area contributed by atoms with Crippen molar-refractivity contribution in [3.8, 4) is 12.3 Å². The van der Waals surface area contributed by atoms with Gasteiger partial charge in [0.1, 0.15) is 6.10 Å². The molecule has 168 valence electrons. The van der Waals surface area contributed by atoms with E-state index in [4.69, 9.17) is 9.16 Å². The average molecular weight is 459 g/mol. The molecule has 3 aromatic rings. The van der Waals surface area contributed by atoms with Crippen LogP contribution < -0.4 is 15.6 Å². The number of aliphatic hydroxyl groups excluding tert-OH is 1. The summed E-state index contributed by atoms with van der Waals surface area (Å²) in [5.74, 6) is 1.94. The van der Waals surface area contributed by atoms with Gasteiger partial charge in [0.15, 0.2) is 0 Å². The highest BCUT2D eigenvalue weighted by Crippen LogP contribution is 2.36. The number of nitrogens with zero attached hydrogens (tertiary/aromatic N) is 4. The van der Waals surface area contributed by atoms with Gasteiger partial charge < -0.3 is 10.4 Å². The van der Waals surface area contributed by atoms with Gasteiger partial charge in [-0.05, 0) is 38.0 Å². The summed E-state index contributed by atoms with van der Waals surface area (Å²) in [6.07, 6.45) is 8.13. The lowest BCUT2D eigenvalue weighted by molar-refractivity contribution is 0.245. The van der Waals surface area contributed by atoms with Crippen LogP contribution in [0.3, 0.4) is 0 Å². The quantitative estimate of drug-likeness (QED) is 0.417. The second kappa shape index (κ2) is 8.05. The van der Waals surface area contributed by atoms with Gasteiger partial charge in [0.25, 0.3) is 5.56 Å². The molecule has 1 saturated carbocycles. The molecule has 1 atom stereocenters. The number of fused-ring (bicyclic) bond motifs is 1.